The Bertz CT molecular complexity index is 422. The van der Waals surface area contributed by atoms with Crippen molar-refractivity contribution in [2.75, 3.05) is 6.54 Å². The van der Waals surface area contributed by atoms with E-state index in [0.717, 1.165) is 0 Å². The van der Waals surface area contributed by atoms with Gasteiger partial charge >= 0.3 is 12.3 Å². The van der Waals surface area contributed by atoms with Gasteiger partial charge in [0.1, 0.15) is 6.04 Å². The Morgan fingerprint density at radius 3 is 2.30 bits per heavy atom. The van der Waals surface area contributed by atoms with Crippen molar-refractivity contribution in [3.8, 4) is 0 Å². The predicted octanol–water partition coefficient (Wildman–Crippen LogP) is 1.60. The van der Waals surface area contributed by atoms with Crippen LogP contribution in [0, 0.1) is 0 Å². The number of nitrogens with zero attached hydrogens (tertiary/aromatic N) is 2. The Labute approximate surface area is 112 Å². The summed E-state index contributed by atoms with van der Waals surface area (Å²) in [5.74, 6) is -1.44. The summed E-state index contributed by atoms with van der Waals surface area (Å²) in [5, 5.41) is 0.254. The van der Waals surface area contributed by atoms with Crippen LogP contribution < -0.4 is 0 Å². The van der Waals surface area contributed by atoms with Crippen molar-refractivity contribution in [3.63, 3.8) is 0 Å². The molecule has 0 aromatic heterocycles. The van der Waals surface area contributed by atoms with Gasteiger partial charge in [0, 0.05) is 19.4 Å². The fraction of sp³-hybridized carbons (Fsp3) is 0.727. The van der Waals surface area contributed by atoms with Crippen molar-refractivity contribution >= 4 is 17.9 Å². The maximum absolute atomic E-state index is 12.8. The molecule has 0 radical (unpaired) electrons. The van der Waals surface area contributed by atoms with E-state index in [1.807, 2.05) is 0 Å². The number of hydroxylamine groups is 2. The van der Waals surface area contributed by atoms with Gasteiger partial charge in [0.05, 0.1) is 0 Å². The number of hydrogen-bond donors (Lipinski definition) is 0. The Balaban J connectivity index is 2.06. The number of carbonyl (C=O) groups excluding carboxylic acids is 3. The van der Waals surface area contributed by atoms with Crippen LogP contribution in [0.2, 0.25) is 0 Å². The maximum Gasteiger partial charge on any atom is 0.435 e. The minimum absolute atomic E-state index is 0.102. The second kappa shape index (κ2) is 5.29. The molecule has 20 heavy (non-hydrogen) atoms. The van der Waals surface area contributed by atoms with E-state index in [9.17, 15) is 27.6 Å². The van der Waals surface area contributed by atoms with Gasteiger partial charge in [-0.3, -0.25) is 14.5 Å². The number of likely N-dealkylation sites (tertiary alicyclic amines) is 1. The van der Waals surface area contributed by atoms with Crippen LogP contribution in [0.3, 0.4) is 0 Å². The normalized spacial score (nSPS) is 24.2. The molecule has 0 bridgehead atoms. The van der Waals surface area contributed by atoms with Gasteiger partial charge < -0.3 is 4.84 Å². The van der Waals surface area contributed by atoms with E-state index in [0.29, 0.717) is 17.7 Å². The first-order valence-electron chi connectivity index (χ1n) is 6.22. The van der Waals surface area contributed by atoms with Crippen molar-refractivity contribution in [3.05, 3.63) is 0 Å². The quantitative estimate of drug-likeness (QED) is 0.689. The van der Waals surface area contributed by atoms with E-state index in [1.54, 1.807) is 0 Å². The fourth-order valence-corrected chi connectivity index (χ4v) is 2.28. The molecule has 1 unspecified atom stereocenters. The number of piperidine rings is 1. The molecule has 2 aliphatic heterocycles. The third-order valence-corrected chi connectivity index (χ3v) is 3.29. The van der Waals surface area contributed by atoms with Crippen LogP contribution in [0.25, 0.3) is 0 Å². The summed E-state index contributed by atoms with van der Waals surface area (Å²) in [6.07, 6.45) is -5.50. The second-order valence-electron chi connectivity index (χ2n) is 4.69. The van der Waals surface area contributed by atoms with E-state index in [2.05, 4.69) is 4.84 Å². The Kier molecular flexibility index (Phi) is 3.87. The molecule has 0 aromatic carbocycles. The molecule has 0 aliphatic carbocycles. The van der Waals surface area contributed by atoms with Gasteiger partial charge in [0.25, 0.3) is 11.8 Å². The molecule has 3 amide bonds. The van der Waals surface area contributed by atoms with Crippen LogP contribution in [-0.4, -0.2) is 46.6 Å². The maximum atomic E-state index is 12.8. The Morgan fingerprint density at radius 1 is 1.15 bits per heavy atom. The Hall–Kier alpha value is -1.80. The van der Waals surface area contributed by atoms with Crippen molar-refractivity contribution < 1.29 is 32.4 Å². The average Bonchev–Trinajstić information content (AvgIpc) is 2.69. The molecule has 2 saturated heterocycles. The fourth-order valence-electron chi connectivity index (χ4n) is 2.28. The lowest BCUT2D eigenvalue weighted by atomic mass is 10.0. The summed E-state index contributed by atoms with van der Waals surface area (Å²) < 4.78 is 38.5. The first-order chi connectivity index (χ1) is 9.30. The van der Waals surface area contributed by atoms with E-state index in [1.165, 1.54) is 0 Å². The molecule has 2 heterocycles. The third kappa shape index (κ3) is 2.86. The minimum atomic E-state index is -4.56. The molecular formula is C11H13F3N2O4. The van der Waals surface area contributed by atoms with E-state index >= 15 is 0 Å². The van der Waals surface area contributed by atoms with Gasteiger partial charge in [-0.1, -0.05) is 0 Å². The van der Waals surface area contributed by atoms with Crippen molar-refractivity contribution in [1.82, 2.24) is 9.96 Å². The monoisotopic (exact) mass is 294 g/mol. The van der Waals surface area contributed by atoms with E-state index in [4.69, 9.17) is 0 Å². The number of halogens is 3. The lowest BCUT2D eigenvalue weighted by Gasteiger charge is -2.36. The van der Waals surface area contributed by atoms with Gasteiger partial charge in [-0.2, -0.15) is 13.2 Å². The third-order valence-electron chi connectivity index (χ3n) is 3.29. The standard InChI is InChI=1S/C11H13F3N2O4/c12-11(13,14)7-3-1-2-6-15(7)10(19)20-16-8(17)4-5-9(16)18/h7H,1-6H2. The number of alkyl halides is 3. The average molecular weight is 294 g/mol. The molecule has 2 rings (SSSR count). The van der Waals surface area contributed by atoms with Gasteiger partial charge in [-0.25, -0.2) is 4.79 Å². The molecule has 2 aliphatic rings. The zero-order valence-electron chi connectivity index (χ0n) is 10.5. The summed E-state index contributed by atoms with van der Waals surface area (Å²) in [6.45, 7) is -0.112. The highest BCUT2D eigenvalue weighted by molar-refractivity contribution is 6.01. The topological polar surface area (TPSA) is 66.9 Å². The smallest absolute Gasteiger partial charge is 0.311 e. The summed E-state index contributed by atoms with van der Waals surface area (Å²) in [6, 6.07) is -1.93. The minimum Gasteiger partial charge on any atom is -0.311 e. The van der Waals surface area contributed by atoms with Crippen molar-refractivity contribution in [2.24, 2.45) is 0 Å². The highest BCUT2D eigenvalue weighted by Crippen LogP contribution is 2.32. The van der Waals surface area contributed by atoms with Crippen LogP contribution in [-0.2, 0) is 14.4 Å². The zero-order valence-corrected chi connectivity index (χ0v) is 10.5. The van der Waals surface area contributed by atoms with Gasteiger partial charge in [0.2, 0.25) is 0 Å². The number of amides is 3. The molecule has 9 heteroatoms. The lowest BCUT2D eigenvalue weighted by Crippen LogP contribution is -2.53. The number of hydrogen-bond acceptors (Lipinski definition) is 4. The second-order valence-corrected chi connectivity index (χ2v) is 4.69. The van der Waals surface area contributed by atoms with Gasteiger partial charge in [0.15, 0.2) is 0 Å². The lowest BCUT2D eigenvalue weighted by molar-refractivity contribution is -0.196. The van der Waals surface area contributed by atoms with Gasteiger partial charge in [-0.15, -0.1) is 5.06 Å². The molecule has 112 valence electrons. The van der Waals surface area contributed by atoms with E-state index in [-0.39, 0.29) is 30.9 Å². The number of rotatable bonds is 1. The molecule has 0 spiro atoms. The SMILES string of the molecule is O=C1CCC(=O)N1OC(=O)N1CCCCC1C(F)(F)F. The Morgan fingerprint density at radius 2 is 1.75 bits per heavy atom. The number of carbonyl (C=O) groups is 3. The summed E-state index contributed by atoms with van der Waals surface area (Å²) in [5.41, 5.74) is 0. The molecule has 1 atom stereocenters. The molecule has 0 N–H and O–H groups in total. The summed E-state index contributed by atoms with van der Waals surface area (Å²) in [7, 11) is 0. The largest absolute Gasteiger partial charge is 0.435 e. The van der Waals surface area contributed by atoms with Crippen LogP contribution in [0.1, 0.15) is 32.1 Å². The molecule has 0 saturated carbocycles. The highest BCUT2D eigenvalue weighted by atomic mass is 19.4. The van der Waals surface area contributed by atoms with Crippen molar-refractivity contribution in [2.45, 2.75) is 44.3 Å². The van der Waals surface area contributed by atoms with Crippen molar-refractivity contribution in [1.29, 1.82) is 0 Å². The molecule has 0 aromatic rings. The van der Waals surface area contributed by atoms with Crippen LogP contribution in [0.15, 0.2) is 0 Å². The molecular weight excluding hydrogens is 281 g/mol. The van der Waals surface area contributed by atoms with Gasteiger partial charge in [-0.05, 0) is 19.3 Å². The van der Waals surface area contributed by atoms with E-state index < -0.39 is 30.1 Å². The highest BCUT2D eigenvalue weighted by Gasteiger charge is 2.48. The predicted molar refractivity (Wildman–Crippen MR) is 58.0 cm³/mol. The molecule has 6 nitrogen and oxygen atoms in total. The summed E-state index contributed by atoms with van der Waals surface area (Å²) in [4.78, 5) is 39.3. The van der Waals surface area contributed by atoms with Crippen LogP contribution >= 0.6 is 0 Å². The zero-order chi connectivity index (χ0) is 14.9. The molecule has 2 fully saturated rings. The first kappa shape index (κ1) is 14.6. The first-order valence-corrected chi connectivity index (χ1v) is 6.22. The van der Waals surface area contributed by atoms with Crippen LogP contribution in [0.5, 0.6) is 0 Å². The summed E-state index contributed by atoms with van der Waals surface area (Å²) >= 11 is 0. The number of imide groups is 1. The van der Waals surface area contributed by atoms with Crippen LogP contribution in [0.4, 0.5) is 18.0 Å².